The van der Waals surface area contributed by atoms with Gasteiger partial charge < -0.3 is 15.0 Å². The molecule has 1 heterocycles. The van der Waals surface area contributed by atoms with Gasteiger partial charge in [0.25, 0.3) is 5.56 Å². The maximum Gasteiger partial charge on any atom is 0.250 e. The second kappa shape index (κ2) is 6.68. The lowest BCUT2D eigenvalue weighted by atomic mass is 10.3. The number of anilines is 1. The summed E-state index contributed by atoms with van der Waals surface area (Å²) in [7, 11) is 0. The monoisotopic (exact) mass is 312 g/mol. The first-order valence-electron chi connectivity index (χ1n) is 6.10. The van der Waals surface area contributed by atoms with E-state index in [0.717, 1.165) is 0 Å². The van der Waals surface area contributed by atoms with Crippen LogP contribution in [0.3, 0.4) is 0 Å². The third-order valence-corrected chi connectivity index (χ3v) is 3.23. The smallest absolute Gasteiger partial charge is 0.250 e. The number of rotatable bonds is 5. The van der Waals surface area contributed by atoms with Gasteiger partial charge in [-0.3, -0.25) is 4.79 Å². The molecule has 0 saturated heterocycles. The summed E-state index contributed by atoms with van der Waals surface area (Å²) in [5.74, 6) is 0.580. The van der Waals surface area contributed by atoms with Crippen LogP contribution in [0.4, 0.5) is 5.69 Å². The normalized spacial score (nSPS) is 10.5. The number of pyridine rings is 1. The highest BCUT2D eigenvalue weighted by molar-refractivity contribution is 6.35. The lowest BCUT2D eigenvalue weighted by Crippen LogP contribution is -2.20. The van der Waals surface area contributed by atoms with Crippen molar-refractivity contribution in [3.05, 3.63) is 56.9 Å². The Kier molecular flexibility index (Phi) is 4.93. The minimum Gasteiger partial charge on any atom is -0.492 e. The van der Waals surface area contributed by atoms with Crippen molar-refractivity contribution in [1.82, 2.24) is 4.57 Å². The van der Waals surface area contributed by atoms with E-state index in [1.165, 1.54) is 6.07 Å². The van der Waals surface area contributed by atoms with Crippen molar-refractivity contribution in [3.8, 4) is 5.75 Å². The summed E-state index contributed by atoms with van der Waals surface area (Å²) in [6, 6.07) is 8.10. The quantitative estimate of drug-likeness (QED) is 0.862. The Hall–Kier alpha value is -1.65. The standard InChI is InChI=1S/C14H14Cl2N2O2/c15-10-2-4-13(12(16)8-10)20-7-1-6-18-9-11(17)3-5-14(18)19/h2-5,8-9H,1,6-7,17H2. The van der Waals surface area contributed by atoms with Gasteiger partial charge in [-0.1, -0.05) is 23.2 Å². The summed E-state index contributed by atoms with van der Waals surface area (Å²) in [6.07, 6.45) is 2.29. The summed E-state index contributed by atoms with van der Waals surface area (Å²) >= 11 is 11.8. The first-order valence-corrected chi connectivity index (χ1v) is 6.85. The Morgan fingerprint density at radius 3 is 2.75 bits per heavy atom. The molecule has 2 aromatic rings. The Labute approximate surface area is 126 Å². The fourth-order valence-corrected chi connectivity index (χ4v) is 2.20. The van der Waals surface area contributed by atoms with Gasteiger partial charge in [-0.2, -0.15) is 0 Å². The molecule has 1 aromatic heterocycles. The highest BCUT2D eigenvalue weighted by Crippen LogP contribution is 2.27. The molecule has 2 N–H and O–H groups in total. The summed E-state index contributed by atoms with van der Waals surface area (Å²) in [5, 5.41) is 1.03. The predicted octanol–water partition coefficient (Wildman–Crippen LogP) is 3.21. The second-order valence-corrected chi connectivity index (χ2v) is 5.11. The minimum absolute atomic E-state index is 0.0799. The highest BCUT2D eigenvalue weighted by Gasteiger charge is 2.02. The molecule has 2 rings (SSSR count). The van der Waals surface area contributed by atoms with Crippen LogP contribution in [-0.4, -0.2) is 11.2 Å². The second-order valence-electron chi connectivity index (χ2n) is 4.27. The van der Waals surface area contributed by atoms with Gasteiger partial charge in [-0.05, 0) is 30.7 Å². The van der Waals surface area contributed by atoms with Crippen molar-refractivity contribution >= 4 is 28.9 Å². The Balaban J connectivity index is 1.87. The van der Waals surface area contributed by atoms with E-state index >= 15 is 0 Å². The maximum atomic E-state index is 11.6. The van der Waals surface area contributed by atoms with Crippen LogP contribution in [0.25, 0.3) is 0 Å². The van der Waals surface area contributed by atoms with Gasteiger partial charge in [0.05, 0.1) is 11.6 Å². The third-order valence-electron chi connectivity index (χ3n) is 2.70. The molecular weight excluding hydrogens is 299 g/mol. The topological polar surface area (TPSA) is 57.2 Å². The van der Waals surface area contributed by atoms with Crippen LogP contribution in [-0.2, 0) is 6.54 Å². The van der Waals surface area contributed by atoms with Gasteiger partial charge in [0.15, 0.2) is 0 Å². The van der Waals surface area contributed by atoms with Crippen molar-refractivity contribution in [1.29, 1.82) is 0 Å². The number of hydrogen-bond donors (Lipinski definition) is 1. The number of aromatic nitrogens is 1. The number of ether oxygens (including phenoxy) is 1. The average Bonchev–Trinajstić information content (AvgIpc) is 2.40. The highest BCUT2D eigenvalue weighted by atomic mass is 35.5. The maximum absolute atomic E-state index is 11.6. The zero-order valence-corrected chi connectivity index (χ0v) is 12.2. The van der Waals surface area contributed by atoms with Crippen LogP contribution in [0.5, 0.6) is 5.75 Å². The summed E-state index contributed by atoms with van der Waals surface area (Å²) in [4.78, 5) is 11.6. The van der Waals surface area contributed by atoms with Gasteiger partial charge in [0.1, 0.15) is 5.75 Å². The van der Waals surface area contributed by atoms with E-state index in [9.17, 15) is 4.79 Å². The lowest BCUT2D eigenvalue weighted by molar-refractivity contribution is 0.301. The van der Waals surface area contributed by atoms with E-state index in [0.29, 0.717) is 41.1 Å². The molecule has 0 amide bonds. The molecule has 0 spiro atoms. The number of aryl methyl sites for hydroxylation is 1. The number of nitrogen functional groups attached to an aromatic ring is 1. The van der Waals surface area contributed by atoms with Crippen LogP contribution in [0.15, 0.2) is 41.3 Å². The summed E-state index contributed by atoms with van der Waals surface area (Å²) in [6.45, 7) is 0.984. The van der Waals surface area contributed by atoms with Crippen molar-refractivity contribution in [2.45, 2.75) is 13.0 Å². The van der Waals surface area contributed by atoms with Crippen molar-refractivity contribution < 1.29 is 4.74 Å². The van der Waals surface area contributed by atoms with Gasteiger partial charge in [-0.15, -0.1) is 0 Å². The summed E-state index contributed by atoms with van der Waals surface area (Å²) in [5.41, 5.74) is 6.12. The molecule has 4 nitrogen and oxygen atoms in total. The molecule has 6 heteroatoms. The molecule has 1 aromatic carbocycles. The van der Waals surface area contributed by atoms with Crippen molar-refractivity contribution in [2.75, 3.05) is 12.3 Å². The van der Waals surface area contributed by atoms with E-state index in [4.69, 9.17) is 33.7 Å². The molecule has 0 atom stereocenters. The average molecular weight is 313 g/mol. The fraction of sp³-hybridized carbons (Fsp3) is 0.214. The molecule has 106 valence electrons. The molecule has 0 aliphatic heterocycles. The molecule has 0 aliphatic rings. The molecule has 0 radical (unpaired) electrons. The van der Waals surface area contributed by atoms with E-state index in [1.807, 2.05) is 0 Å². The van der Waals surface area contributed by atoms with Crippen molar-refractivity contribution in [3.63, 3.8) is 0 Å². The molecule has 0 aliphatic carbocycles. The Bertz CT molecular complexity index is 656. The van der Waals surface area contributed by atoms with E-state index in [1.54, 1.807) is 35.0 Å². The van der Waals surface area contributed by atoms with Gasteiger partial charge in [0, 0.05) is 29.5 Å². The fourth-order valence-electron chi connectivity index (χ4n) is 1.73. The van der Waals surface area contributed by atoms with Crippen LogP contribution in [0.1, 0.15) is 6.42 Å². The third kappa shape index (κ3) is 3.92. The number of benzene rings is 1. The Morgan fingerprint density at radius 1 is 1.20 bits per heavy atom. The summed E-state index contributed by atoms with van der Waals surface area (Å²) < 4.78 is 7.10. The molecule has 0 saturated carbocycles. The van der Waals surface area contributed by atoms with Crippen LogP contribution in [0, 0.1) is 0 Å². The zero-order valence-electron chi connectivity index (χ0n) is 10.7. The number of nitrogens with zero attached hydrogens (tertiary/aromatic N) is 1. The zero-order chi connectivity index (χ0) is 14.5. The number of halogens is 2. The van der Waals surface area contributed by atoms with Crippen LogP contribution >= 0.6 is 23.2 Å². The molecule has 0 fully saturated rings. The lowest BCUT2D eigenvalue weighted by Gasteiger charge is -2.09. The van der Waals surface area contributed by atoms with Crippen LogP contribution in [0.2, 0.25) is 10.0 Å². The molecular formula is C14H14Cl2N2O2. The van der Waals surface area contributed by atoms with E-state index < -0.39 is 0 Å². The SMILES string of the molecule is Nc1ccc(=O)n(CCCOc2ccc(Cl)cc2Cl)c1. The molecule has 0 bridgehead atoms. The minimum atomic E-state index is -0.0799. The molecule has 20 heavy (non-hydrogen) atoms. The van der Waals surface area contributed by atoms with Gasteiger partial charge in [-0.25, -0.2) is 0 Å². The predicted molar refractivity (Wildman–Crippen MR) is 81.7 cm³/mol. The van der Waals surface area contributed by atoms with Gasteiger partial charge >= 0.3 is 0 Å². The molecule has 0 unspecified atom stereocenters. The van der Waals surface area contributed by atoms with Crippen LogP contribution < -0.4 is 16.0 Å². The van der Waals surface area contributed by atoms with Gasteiger partial charge in [0.2, 0.25) is 0 Å². The first-order chi connectivity index (χ1) is 9.56. The van der Waals surface area contributed by atoms with E-state index in [2.05, 4.69) is 0 Å². The number of nitrogens with two attached hydrogens (primary N) is 1. The largest absolute Gasteiger partial charge is 0.492 e. The first kappa shape index (κ1) is 14.8. The van der Waals surface area contributed by atoms with E-state index in [-0.39, 0.29) is 5.56 Å². The Morgan fingerprint density at radius 2 is 2.00 bits per heavy atom. The number of hydrogen-bond acceptors (Lipinski definition) is 3. The van der Waals surface area contributed by atoms with Crippen molar-refractivity contribution in [2.24, 2.45) is 0 Å².